The lowest BCUT2D eigenvalue weighted by Gasteiger charge is -2.07. The molecule has 0 fully saturated rings. The fourth-order valence-corrected chi connectivity index (χ4v) is 2.18. The average Bonchev–Trinajstić information content (AvgIpc) is 3.03. The molecule has 0 atom stereocenters. The molecule has 0 aliphatic heterocycles. The molecule has 0 saturated carbocycles. The first kappa shape index (κ1) is 16.0. The number of oxazole rings is 1. The van der Waals surface area contributed by atoms with E-state index in [1.54, 1.807) is 6.07 Å². The molecule has 0 unspecified atom stereocenters. The third-order valence-corrected chi connectivity index (χ3v) is 3.38. The Labute approximate surface area is 134 Å². The van der Waals surface area contributed by atoms with Gasteiger partial charge in [-0.2, -0.15) is 13.2 Å². The van der Waals surface area contributed by atoms with Crippen molar-refractivity contribution in [3.63, 3.8) is 0 Å². The first-order valence-corrected chi connectivity index (χ1v) is 6.86. The first-order chi connectivity index (χ1) is 11.4. The van der Waals surface area contributed by atoms with Gasteiger partial charge in [-0.15, -0.1) is 0 Å². The molecule has 0 amide bonds. The number of benzene rings is 2. The number of halogens is 4. The van der Waals surface area contributed by atoms with Crippen molar-refractivity contribution >= 4 is 0 Å². The minimum Gasteiger partial charge on any atom is -0.497 e. The molecular formula is C17H11F4NO2. The normalized spacial score (nSPS) is 11.5. The van der Waals surface area contributed by atoms with Gasteiger partial charge in [-0.3, -0.25) is 0 Å². The number of methoxy groups -OCH3 is 1. The highest BCUT2D eigenvalue weighted by Crippen LogP contribution is 2.33. The van der Waals surface area contributed by atoms with Gasteiger partial charge in [-0.05, 0) is 30.3 Å². The zero-order valence-corrected chi connectivity index (χ0v) is 12.4. The molecule has 3 aromatic rings. The predicted molar refractivity (Wildman–Crippen MR) is 78.9 cm³/mol. The van der Waals surface area contributed by atoms with Crippen LogP contribution >= 0.6 is 0 Å². The maximum Gasteiger partial charge on any atom is 0.416 e. The summed E-state index contributed by atoms with van der Waals surface area (Å²) >= 11 is 0. The summed E-state index contributed by atoms with van der Waals surface area (Å²) in [5, 5.41) is 0. The van der Waals surface area contributed by atoms with Crippen molar-refractivity contribution in [3.05, 3.63) is 60.0 Å². The number of aromatic nitrogens is 1. The second kappa shape index (κ2) is 5.99. The first-order valence-electron chi connectivity index (χ1n) is 6.86. The lowest BCUT2D eigenvalue weighted by Crippen LogP contribution is -2.04. The summed E-state index contributed by atoms with van der Waals surface area (Å²) in [6.45, 7) is 0. The van der Waals surface area contributed by atoms with E-state index in [9.17, 15) is 17.6 Å². The summed E-state index contributed by atoms with van der Waals surface area (Å²) in [7, 11) is 1.41. The van der Waals surface area contributed by atoms with Crippen molar-refractivity contribution < 1.29 is 26.7 Å². The van der Waals surface area contributed by atoms with Crippen molar-refractivity contribution in [1.82, 2.24) is 4.98 Å². The van der Waals surface area contributed by atoms with Crippen LogP contribution in [0.5, 0.6) is 5.75 Å². The summed E-state index contributed by atoms with van der Waals surface area (Å²) in [5.41, 5.74) is -0.512. The Morgan fingerprint density at radius 1 is 1.08 bits per heavy atom. The van der Waals surface area contributed by atoms with Crippen LogP contribution in [-0.2, 0) is 6.18 Å². The number of alkyl halides is 3. The topological polar surface area (TPSA) is 35.3 Å². The Kier molecular flexibility index (Phi) is 4.01. The Balaban J connectivity index is 1.97. The molecule has 0 aliphatic rings. The van der Waals surface area contributed by atoms with Crippen LogP contribution in [0.15, 0.2) is 53.1 Å². The van der Waals surface area contributed by atoms with Crippen LogP contribution in [0.2, 0.25) is 0 Å². The van der Waals surface area contributed by atoms with Gasteiger partial charge in [0, 0.05) is 11.6 Å². The summed E-state index contributed by atoms with van der Waals surface area (Å²) < 4.78 is 62.7. The highest BCUT2D eigenvalue weighted by molar-refractivity contribution is 5.62. The Morgan fingerprint density at radius 2 is 1.88 bits per heavy atom. The van der Waals surface area contributed by atoms with Crippen LogP contribution in [0, 0.1) is 5.82 Å². The molecule has 1 aromatic heterocycles. The highest BCUT2D eigenvalue weighted by atomic mass is 19.4. The highest BCUT2D eigenvalue weighted by Gasteiger charge is 2.30. The van der Waals surface area contributed by atoms with Gasteiger partial charge in [-0.25, -0.2) is 9.37 Å². The third kappa shape index (κ3) is 3.10. The van der Waals surface area contributed by atoms with Gasteiger partial charge in [0.2, 0.25) is 5.89 Å². The zero-order chi connectivity index (χ0) is 17.3. The van der Waals surface area contributed by atoms with Gasteiger partial charge in [0.1, 0.15) is 11.6 Å². The summed E-state index contributed by atoms with van der Waals surface area (Å²) in [5.74, 6) is -0.149. The molecule has 7 heteroatoms. The fraction of sp³-hybridized carbons (Fsp3) is 0.118. The number of ether oxygens (including phenoxy) is 1. The molecule has 3 nitrogen and oxygen atoms in total. The quantitative estimate of drug-likeness (QED) is 0.618. The number of nitrogens with zero attached hydrogens (tertiary/aromatic N) is 1. The van der Waals surface area contributed by atoms with Crippen LogP contribution in [0.25, 0.3) is 22.8 Å². The molecule has 24 heavy (non-hydrogen) atoms. The average molecular weight is 337 g/mol. The molecule has 0 radical (unpaired) electrons. The molecular weight excluding hydrogens is 326 g/mol. The molecule has 3 rings (SSSR count). The van der Waals surface area contributed by atoms with Crippen molar-refractivity contribution in [2.24, 2.45) is 0 Å². The Hall–Kier alpha value is -2.83. The maximum absolute atomic E-state index is 14.0. The summed E-state index contributed by atoms with van der Waals surface area (Å²) in [6, 6.07) is 8.76. The Morgan fingerprint density at radius 3 is 2.54 bits per heavy atom. The zero-order valence-electron chi connectivity index (χ0n) is 12.4. The second-order valence-corrected chi connectivity index (χ2v) is 4.95. The lowest BCUT2D eigenvalue weighted by atomic mass is 10.1. The number of hydrogen-bond acceptors (Lipinski definition) is 3. The van der Waals surface area contributed by atoms with Crippen LogP contribution < -0.4 is 4.74 Å². The Bertz CT molecular complexity index is 871. The van der Waals surface area contributed by atoms with Gasteiger partial charge in [0.05, 0.1) is 24.4 Å². The van der Waals surface area contributed by atoms with Crippen LogP contribution in [0.1, 0.15) is 5.56 Å². The molecule has 0 saturated heterocycles. The minimum absolute atomic E-state index is 0.0219. The van der Waals surface area contributed by atoms with E-state index in [2.05, 4.69) is 4.98 Å². The summed E-state index contributed by atoms with van der Waals surface area (Å²) in [4.78, 5) is 3.94. The van der Waals surface area contributed by atoms with E-state index in [0.717, 1.165) is 12.1 Å². The molecule has 0 N–H and O–H groups in total. The van der Waals surface area contributed by atoms with Crippen molar-refractivity contribution in [2.75, 3.05) is 7.11 Å². The SMILES string of the molecule is COc1ccc(-c2cnc(-c3cccc(C(F)(F)F)c3)o2)c(F)c1. The van der Waals surface area contributed by atoms with E-state index < -0.39 is 17.6 Å². The van der Waals surface area contributed by atoms with Gasteiger partial charge in [0.15, 0.2) is 5.76 Å². The van der Waals surface area contributed by atoms with Crippen molar-refractivity contribution in [3.8, 4) is 28.5 Å². The second-order valence-electron chi connectivity index (χ2n) is 4.95. The van der Waals surface area contributed by atoms with E-state index in [4.69, 9.17) is 9.15 Å². The monoisotopic (exact) mass is 337 g/mol. The lowest BCUT2D eigenvalue weighted by molar-refractivity contribution is -0.137. The standard InChI is InChI=1S/C17H11F4NO2/c1-23-12-5-6-13(14(18)8-12)15-9-22-16(24-15)10-3-2-4-11(7-10)17(19,20)21/h2-9H,1H3. The van der Waals surface area contributed by atoms with Crippen molar-refractivity contribution in [2.45, 2.75) is 6.18 Å². The summed E-state index contributed by atoms with van der Waals surface area (Å²) in [6.07, 6.45) is -3.20. The molecule has 0 spiro atoms. The smallest absolute Gasteiger partial charge is 0.416 e. The van der Waals surface area contributed by atoms with Crippen LogP contribution in [-0.4, -0.2) is 12.1 Å². The van der Waals surface area contributed by atoms with E-state index in [1.807, 2.05) is 0 Å². The minimum atomic E-state index is -4.46. The van der Waals surface area contributed by atoms with Gasteiger partial charge in [0.25, 0.3) is 0 Å². The molecule has 1 heterocycles. The molecule has 2 aromatic carbocycles. The van der Waals surface area contributed by atoms with Gasteiger partial charge >= 0.3 is 6.18 Å². The van der Waals surface area contributed by atoms with E-state index >= 15 is 0 Å². The largest absolute Gasteiger partial charge is 0.497 e. The van der Waals surface area contributed by atoms with E-state index in [1.165, 1.54) is 37.6 Å². The van der Waals surface area contributed by atoms with Crippen LogP contribution in [0.4, 0.5) is 17.6 Å². The maximum atomic E-state index is 14.0. The van der Waals surface area contributed by atoms with E-state index in [-0.39, 0.29) is 22.8 Å². The fourth-order valence-electron chi connectivity index (χ4n) is 2.18. The molecule has 0 bridgehead atoms. The predicted octanol–water partition coefficient (Wildman–Crippen LogP) is 5.18. The molecule has 0 aliphatic carbocycles. The molecule has 124 valence electrons. The van der Waals surface area contributed by atoms with Gasteiger partial charge < -0.3 is 9.15 Å². The number of hydrogen-bond donors (Lipinski definition) is 0. The van der Waals surface area contributed by atoms with Crippen LogP contribution in [0.3, 0.4) is 0 Å². The number of rotatable bonds is 3. The van der Waals surface area contributed by atoms with E-state index in [0.29, 0.717) is 5.75 Å². The van der Waals surface area contributed by atoms with Crippen molar-refractivity contribution in [1.29, 1.82) is 0 Å². The van der Waals surface area contributed by atoms with Gasteiger partial charge in [-0.1, -0.05) is 6.07 Å². The third-order valence-electron chi connectivity index (χ3n) is 3.38.